The second-order valence-electron chi connectivity index (χ2n) is 5.50. The van der Waals surface area contributed by atoms with Crippen LogP contribution in [0.2, 0.25) is 0 Å². The third-order valence-corrected chi connectivity index (χ3v) is 5.64. The van der Waals surface area contributed by atoms with Crippen molar-refractivity contribution in [1.29, 1.82) is 0 Å². The standard InChI is InChI=1S/C18H19NO3S/c1-3-11-7-14-10-13-9-12(18(19)20)5-6-16(13)23(21)17(14)15(8-11)22-4-2/h5-9H,3-4,10H2,1-2H3,(H2,19,20). The second-order valence-corrected chi connectivity index (χ2v) is 6.89. The van der Waals surface area contributed by atoms with Gasteiger partial charge < -0.3 is 10.5 Å². The Balaban J connectivity index is 2.15. The van der Waals surface area contributed by atoms with Crippen LogP contribution in [-0.4, -0.2) is 16.7 Å². The first-order valence-corrected chi connectivity index (χ1v) is 8.83. The van der Waals surface area contributed by atoms with E-state index in [9.17, 15) is 9.00 Å². The molecule has 0 aliphatic carbocycles. The summed E-state index contributed by atoms with van der Waals surface area (Å²) < 4.78 is 18.7. The Morgan fingerprint density at radius 2 is 2.00 bits per heavy atom. The van der Waals surface area contributed by atoms with Gasteiger partial charge in [0.05, 0.1) is 22.3 Å². The number of hydrogen-bond donors (Lipinski definition) is 1. The molecule has 1 heterocycles. The van der Waals surface area contributed by atoms with Crippen LogP contribution in [0.3, 0.4) is 0 Å². The van der Waals surface area contributed by atoms with Gasteiger partial charge in [0, 0.05) is 16.9 Å². The highest BCUT2D eigenvalue weighted by atomic mass is 32.2. The highest BCUT2D eigenvalue weighted by molar-refractivity contribution is 7.85. The number of carbonyl (C=O) groups is 1. The van der Waals surface area contributed by atoms with Crippen LogP contribution in [0.5, 0.6) is 5.75 Å². The molecule has 23 heavy (non-hydrogen) atoms. The van der Waals surface area contributed by atoms with E-state index in [-0.39, 0.29) is 0 Å². The smallest absolute Gasteiger partial charge is 0.248 e. The Morgan fingerprint density at radius 3 is 2.65 bits per heavy atom. The third-order valence-electron chi connectivity index (χ3n) is 4.01. The zero-order valence-electron chi connectivity index (χ0n) is 13.2. The molecule has 1 unspecified atom stereocenters. The Morgan fingerprint density at radius 1 is 1.22 bits per heavy atom. The minimum Gasteiger partial charge on any atom is -0.493 e. The molecular formula is C18H19NO3S. The fourth-order valence-corrected chi connectivity index (χ4v) is 4.35. The molecule has 5 heteroatoms. The number of rotatable bonds is 4. The summed E-state index contributed by atoms with van der Waals surface area (Å²) in [5.41, 5.74) is 8.84. The second kappa shape index (κ2) is 6.16. The molecule has 2 N–H and O–H groups in total. The topological polar surface area (TPSA) is 69.4 Å². The normalized spacial score (nSPS) is 15.7. The van der Waals surface area contributed by atoms with Crippen LogP contribution < -0.4 is 10.5 Å². The SMILES string of the molecule is CCOc1cc(CC)cc2c1S(=O)c1ccc(C(N)=O)cc1C2. The number of ether oxygens (including phenoxy) is 1. The van der Waals surface area contributed by atoms with Gasteiger partial charge in [-0.1, -0.05) is 13.0 Å². The van der Waals surface area contributed by atoms with Gasteiger partial charge in [-0.05, 0) is 54.3 Å². The molecular weight excluding hydrogens is 310 g/mol. The number of aryl methyl sites for hydroxylation is 1. The third kappa shape index (κ3) is 2.77. The average Bonchev–Trinajstić information content (AvgIpc) is 2.54. The maximum atomic E-state index is 13.0. The summed E-state index contributed by atoms with van der Waals surface area (Å²) in [5.74, 6) is 0.228. The van der Waals surface area contributed by atoms with Crippen LogP contribution in [0.4, 0.5) is 0 Å². The van der Waals surface area contributed by atoms with Crippen LogP contribution in [0.1, 0.15) is 40.9 Å². The minimum atomic E-state index is -1.31. The van der Waals surface area contributed by atoms with Gasteiger partial charge >= 0.3 is 0 Å². The Bertz CT molecular complexity index is 814. The number of nitrogens with two attached hydrogens (primary N) is 1. The van der Waals surface area contributed by atoms with E-state index in [4.69, 9.17) is 10.5 Å². The van der Waals surface area contributed by atoms with Crippen molar-refractivity contribution in [2.75, 3.05) is 6.61 Å². The first kappa shape index (κ1) is 15.7. The van der Waals surface area contributed by atoms with E-state index in [1.807, 2.05) is 13.0 Å². The lowest BCUT2D eigenvalue weighted by molar-refractivity contribution is 0.1000. The predicted molar refractivity (Wildman–Crippen MR) is 89.4 cm³/mol. The van der Waals surface area contributed by atoms with Crippen LogP contribution in [0.15, 0.2) is 40.1 Å². The number of hydrogen-bond acceptors (Lipinski definition) is 3. The van der Waals surface area contributed by atoms with Gasteiger partial charge in [0.2, 0.25) is 5.91 Å². The molecule has 120 valence electrons. The number of amides is 1. The van der Waals surface area contributed by atoms with Gasteiger partial charge in [-0.15, -0.1) is 0 Å². The van der Waals surface area contributed by atoms with Gasteiger partial charge in [0.1, 0.15) is 5.75 Å². The Labute approximate surface area is 138 Å². The molecule has 1 amide bonds. The van der Waals surface area contributed by atoms with Crippen molar-refractivity contribution in [2.45, 2.75) is 36.5 Å². The predicted octanol–water partition coefficient (Wildman–Crippen LogP) is 2.82. The quantitative estimate of drug-likeness (QED) is 0.800. The summed E-state index contributed by atoms with van der Waals surface area (Å²) in [6.07, 6.45) is 1.51. The average molecular weight is 329 g/mol. The molecule has 1 aliphatic rings. The summed E-state index contributed by atoms with van der Waals surface area (Å²) in [7, 11) is -1.31. The number of fused-ring (bicyclic) bond motifs is 2. The highest BCUT2D eigenvalue weighted by Crippen LogP contribution is 2.38. The van der Waals surface area contributed by atoms with Gasteiger partial charge in [0.15, 0.2) is 0 Å². The van der Waals surface area contributed by atoms with Gasteiger partial charge in [0.25, 0.3) is 0 Å². The summed E-state index contributed by atoms with van der Waals surface area (Å²) in [6, 6.07) is 9.17. The number of primary amides is 1. The van der Waals surface area contributed by atoms with Gasteiger partial charge in [-0.25, -0.2) is 4.21 Å². The van der Waals surface area contributed by atoms with Crippen molar-refractivity contribution in [3.05, 3.63) is 52.6 Å². The maximum Gasteiger partial charge on any atom is 0.248 e. The van der Waals surface area contributed by atoms with Crippen LogP contribution in [0, 0.1) is 0 Å². The fraction of sp³-hybridized carbons (Fsp3) is 0.278. The summed E-state index contributed by atoms with van der Waals surface area (Å²) in [4.78, 5) is 12.9. The van der Waals surface area contributed by atoms with Crippen molar-refractivity contribution >= 4 is 16.7 Å². The van der Waals surface area contributed by atoms with Crippen molar-refractivity contribution < 1.29 is 13.7 Å². The molecule has 3 rings (SSSR count). The molecule has 4 nitrogen and oxygen atoms in total. The van der Waals surface area contributed by atoms with Crippen LogP contribution in [-0.2, 0) is 23.6 Å². The van der Waals surface area contributed by atoms with Crippen molar-refractivity contribution in [1.82, 2.24) is 0 Å². The molecule has 0 radical (unpaired) electrons. The molecule has 0 aromatic heterocycles. The van der Waals surface area contributed by atoms with Crippen molar-refractivity contribution in [3.8, 4) is 5.75 Å². The molecule has 2 aromatic carbocycles. The summed E-state index contributed by atoms with van der Waals surface area (Å²) >= 11 is 0. The van der Waals surface area contributed by atoms with E-state index in [0.29, 0.717) is 24.3 Å². The van der Waals surface area contributed by atoms with E-state index in [2.05, 4.69) is 13.0 Å². The summed E-state index contributed by atoms with van der Waals surface area (Å²) in [5, 5.41) is 0. The Hall–Kier alpha value is -2.14. The fourth-order valence-electron chi connectivity index (χ4n) is 2.90. The zero-order valence-corrected chi connectivity index (χ0v) is 14.0. The van der Waals surface area contributed by atoms with Gasteiger partial charge in [-0.3, -0.25) is 4.79 Å². The minimum absolute atomic E-state index is 0.445. The van der Waals surface area contributed by atoms with Crippen molar-refractivity contribution in [3.63, 3.8) is 0 Å². The van der Waals surface area contributed by atoms with E-state index in [1.54, 1.807) is 18.2 Å². The van der Waals surface area contributed by atoms with E-state index < -0.39 is 16.7 Å². The summed E-state index contributed by atoms with van der Waals surface area (Å²) in [6.45, 7) is 4.53. The zero-order chi connectivity index (χ0) is 16.6. The lowest BCUT2D eigenvalue weighted by Crippen LogP contribution is -2.15. The van der Waals surface area contributed by atoms with E-state index >= 15 is 0 Å². The largest absolute Gasteiger partial charge is 0.493 e. The van der Waals surface area contributed by atoms with Crippen LogP contribution >= 0.6 is 0 Å². The molecule has 0 spiro atoms. The molecule has 0 bridgehead atoms. The molecule has 0 saturated carbocycles. The Kier molecular flexibility index (Phi) is 4.22. The van der Waals surface area contributed by atoms with E-state index in [1.165, 1.54) is 0 Å². The number of benzene rings is 2. The van der Waals surface area contributed by atoms with Crippen LogP contribution in [0.25, 0.3) is 0 Å². The monoisotopic (exact) mass is 329 g/mol. The maximum absolute atomic E-state index is 13.0. The molecule has 0 fully saturated rings. The molecule has 1 atom stereocenters. The molecule has 1 aliphatic heterocycles. The molecule has 2 aromatic rings. The lowest BCUT2D eigenvalue weighted by Gasteiger charge is -2.23. The highest BCUT2D eigenvalue weighted by Gasteiger charge is 2.27. The molecule has 0 saturated heterocycles. The first-order valence-electron chi connectivity index (χ1n) is 7.68. The lowest BCUT2D eigenvalue weighted by atomic mass is 9.99. The van der Waals surface area contributed by atoms with E-state index in [0.717, 1.165) is 32.9 Å². The number of carbonyl (C=O) groups excluding carboxylic acids is 1. The van der Waals surface area contributed by atoms with Crippen molar-refractivity contribution in [2.24, 2.45) is 5.73 Å². The first-order chi connectivity index (χ1) is 11.0. The van der Waals surface area contributed by atoms with Gasteiger partial charge in [-0.2, -0.15) is 0 Å².